The Morgan fingerprint density at radius 3 is 2.21 bits per heavy atom. The molecule has 0 heterocycles. The predicted molar refractivity (Wildman–Crippen MR) is 102 cm³/mol. The second kappa shape index (κ2) is 10.0. The molecule has 6 heteroatoms. The van der Waals surface area contributed by atoms with Crippen LogP contribution in [0.15, 0.2) is 23.2 Å². The van der Waals surface area contributed by atoms with Gasteiger partial charge in [0.1, 0.15) is 0 Å². The van der Waals surface area contributed by atoms with Crippen molar-refractivity contribution in [3.05, 3.63) is 18.2 Å². The molecule has 0 atom stereocenters. The highest BCUT2D eigenvalue weighted by Crippen LogP contribution is 2.29. The fourth-order valence-electron chi connectivity index (χ4n) is 2.65. The molecule has 0 aliphatic heterocycles. The number of guanidine groups is 1. The van der Waals surface area contributed by atoms with Gasteiger partial charge in [-0.1, -0.05) is 0 Å². The molecule has 0 aliphatic rings. The Labute approximate surface area is 146 Å². The summed E-state index contributed by atoms with van der Waals surface area (Å²) >= 11 is 0. The number of benzene rings is 1. The zero-order valence-corrected chi connectivity index (χ0v) is 16.0. The first-order chi connectivity index (χ1) is 11.4. The van der Waals surface area contributed by atoms with Crippen molar-refractivity contribution in [2.75, 3.05) is 39.7 Å². The maximum atomic E-state index is 5.33. The molecule has 0 spiro atoms. The van der Waals surface area contributed by atoms with E-state index in [1.807, 2.05) is 18.2 Å². The lowest BCUT2D eigenvalue weighted by atomic mass is 10.2. The van der Waals surface area contributed by atoms with E-state index >= 15 is 0 Å². The van der Waals surface area contributed by atoms with Gasteiger partial charge in [-0.25, -0.2) is 0 Å². The highest BCUT2D eigenvalue weighted by atomic mass is 16.5. The lowest BCUT2D eigenvalue weighted by molar-refractivity contribution is 0.178. The molecule has 0 unspecified atom stereocenters. The van der Waals surface area contributed by atoms with E-state index in [1.165, 1.54) is 0 Å². The Morgan fingerprint density at radius 1 is 1.08 bits per heavy atom. The van der Waals surface area contributed by atoms with Crippen LogP contribution in [-0.2, 0) is 0 Å². The third-order valence-corrected chi connectivity index (χ3v) is 3.86. The molecule has 0 bridgehead atoms. The van der Waals surface area contributed by atoms with Crippen LogP contribution >= 0.6 is 0 Å². The number of aliphatic imine (C=N–C) groups is 1. The van der Waals surface area contributed by atoms with E-state index < -0.39 is 0 Å². The molecular formula is C18H32N4O2. The molecular weight excluding hydrogens is 304 g/mol. The van der Waals surface area contributed by atoms with Crippen molar-refractivity contribution in [1.82, 2.24) is 10.2 Å². The molecule has 0 amide bonds. The van der Waals surface area contributed by atoms with Gasteiger partial charge in [0.2, 0.25) is 0 Å². The van der Waals surface area contributed by atoms with Crippen LogP contribution in [0.5, 0.6) is 11.5 Å². The summed E-state index contributed by atoms with van der Waals surface area (Å²) in [7, 11) is 5.01. The number of nitrogens with zero attached hydrogens (tertiary/aromatic N) is 2. The molecule has 6 nitrogen and oxygen atoms in total. The summed E-state index contributed by atoms with van der Waals surface area (Å²) in [6.45, 7) is 10.7. The minimum Gasteiger partial charge on any atom is -0.493 e. The highest BCUT2D eigenvalue weighted by molar-refractivity contribution is 5.93. The third-order valence-electron chi connectivity index (χ3n) is 3.86. The molecule has 136 valence electrons. The van der Waals surface area contributed by atoms with Gasteiger partial charge in [-0.05, 0) is 39.8 Å². The number of anilines is 1. The minimum atomic E-state index is 0.521. The van der Waals surface area contributed by atoms with Crippen LogP contribution in [0.4, 0.5) is 5.69 Å². The SMILES string of the molecule is CN=C(NCCN(C(C)C)C(C)C)Nc1ccc(OC)c(OC)c1. The van der Waals surface area contributed by atoms with Crippen LogP contribution in [-0.4, -0.2) is 57.3 Å². The summed E-state index contributed by atoms with van der Waals surface area (Å²) in [5.41, 5.74) is 0.894. The highest BCUT2D eigenvalue weighted by Gasteiger charge is 2.13. The zero-order valence-electron chi connectivity index (χ0n) is 16.0. The van der Waals surface area contributed by atoms with Gasteiger partial charge >= 0.3 is 0 Å². The minimum absolute atomic E-state index is 0.521. The lowest BCUT2D eigenvalue weighted by Crippen LogP contribution is -2.43. The van der Waals surface area contributed by atoms with E-state index in [4.69, 9.17) is 9.47 Å². The van der Waals surface area contributed by atoms with Crippen molar-refractivity contribution >= 4 is 11.6 Å². The fourth-order valence-corrected chi connectivity index (χ4v) is 2.65. The summed E-state index contributed by atoms with van der Waals surface area (Å²) in [5, 5.41) is 6.62. The Morgan fingerprint density at radius 2 is 1.71 bits per heavy atom. The van der Waals surface area contributed by atoms with E-state index in [0.717, 1.165) is 24.7 Å². The topological polar surface area (TPSA) is 58.1 Å². The summed E-state index contributed by atoms with van der Waals surface area (Å²) in [4.78, 5) is 6.71. The maximum absolute atomic E-state index is 5.33. The molecule has 0 saturated heterocycles. The van der Waals surface area contributed by atoms with Crippen LogP contribution in [0.3, 0.4) is 0 Å². The summed E-state index contributed by atoms with van der Waals surface area (Å²) < 4.78 is 10.6. The van der Waals surface area contributed by atoms with Gasteiger partial charge in [0.15, 0.2) is 17.5 Å². The second-order valence-corrected chi connectivity index (χ2v) is 6.12. The lowest BCUT2D eigenvalue weighted by Gasteiger charge is -2.30. The number of hydrogen-bond donors (Lipinski definition) is 2. The summed E-state index contributed by atoms with van der Waals surface area (Å²) in [6, 6.07) is 6.73. The number of rotatable bonds is 8. The number of nitrogens with one attached hydrogen (secondary N) is 2. The Kier molecular flexibility index (Phi) is 8.40. The van der Waals surface area contributed by atoms with E-state index in [-0.39, 0.29) is 0 Å². The van der Waals surface area contributed by atoms with Gasteiger partial charge in [0, 0.05) is 44.0 Å². The Balaban J connectivity index is 2.62. The van der Waals surface area contributed by atoms with Gasteiger partial charge in [-0.3, -0.25) is 9.89 Å². The smallest absolute Gasteiger partial charge is 0.195 e. The molecule has 24 heavy (non-hydrogen) atoms. The van der Waals surface area contributed by atoms with Crippen LogP contribution in [0.1, 0.15) is 27.7 Å². The van der Waals surface area contributed by atoms with Crippen molar-refractivity contribution in [3.8, 4) is 11.5 Å². The fraction of sp³-hybridized carbons (Fsp3) is 0.611. The average molecular weight is 336 g/mol. The molecule has 0 aromatic heterocycles. The number of hydrogen-bond acceptors (Lipinski definition) is 4. The van der Waals surface area contributed by atoms with Crippen molar-refractivity contribution in [2.24, 2.45) is 4.99 Å². The number of ether oxygens (including phenoxy) is 2. The molecule has 0 fully saturated rings. The van der Waals surface area contributed by atoms with E-state index in [1.54, 1.807) is 21.3 Å². The van der Waals surface area contributed by atoms with E-state index in [2.05, 4.69) is 48.2 Å². The van der Waals surface area contributed by atoms with Crippen LogP contribution < -0.4 is 20.1 Å². The first kappa shape index (κ1) is 20.1. The van der Waals surface area contributed by atoms with Crippen molar-refractivity contribution in [3.63, 3.8) is 0 Å². The van der Waals surface area contributed by atoms with Crippen LogP contribution in [0, 0.1) is 0 Å². The van der Waals surface area contributed by atoms with Gasteiger partial charge in [0.05, 0.1) is 14.2 Å². The Hall–Kier alpha value is -1.95. The summed E-state index contributed by atoms with van der Waals surface area (Å²) in [6.07, 6.45) is 0. The van der Waals surface area contributed by atoms with Crippen LogP contribution in [0.2, 0.25) is 0 Å². The molecule has 1 aromatic carbocycles. The Bertz CT molecular complexity index is 522. The predicted octanol–water partition coefficient (Wildman–Crippen LogP) is 2.81. The van der Waals surface area contributed by atoms with Crippen LogP contribution in [0.25, 0.3) is 0 Å². The van der Waals surface area contributed by atoms with Gasteiger partial charge < -0.3 is 20.1 Å². The first-order valence-corrected chi connectivity index (χ1v) is 8.38. The quantitative estimate of drug-likeness (QED) is 0.565. The van der Waals surface area contributed by atoms with Crippen molar-refractivity contribution in [1.29, 1.82) is 0 Å². The molecule has 0 radical (unpaired) electrons. The van der Waals surface area contributed by atoms with E-state index in [9.17, 15) is 0 Å². The van der Waals surface area contributed by atoms with Gasteiger partial charge in [0.25, 0.3) is 0 Å². The van der Waals surface area contributed by atoms with E-state index in [0.29, 0.717) is 23.6 Å². The molecule has 1 rings (SSSR count). The van der Waals surface area contributed by atoms with Gasteiger partial charge in [-0.15, -0.1) is 0 Å². The van der Waals surface area contributed by atoms with Gasteiger partial charge in [-0.2, -0.15) is 0 Å². The molecule has 2 N–H and O–H groups in total. The normalized spacial score (nSPS) is 12.0. The first-order valence-electron chi connectivity index (χ1n) is 8.38. The largest absolute Gasteiger partial charge is 0.493 e. The second-order valence-electron chi connectivity index (χ2n) is 6.12. The monoisotopic (exact) mass is 336 g/mol. The maximum Gasteiger partial charge on any atom is 0.195 e. The third kappa shape index (κ3) is 5.92. The number of methoxy groups -OCH3 is 2. The molecule has 0 aliphatic carbocycles. The molecule has 1 aromatic rings. The average Bonchev–Trinajstić information content (AvgIpc) is 2.56. The van der Waals surface area contributed by atoms with Crippen molar-refractivity contribution < 1.29 is 9.47 Å². The zero-order chi connectivity index (χ0) is 18.1. The van der Waals surface area contributed by atoms with Crippen molar-refractivity contribution in [2.45, 2.75) is 39.8 Å². The summed E-state index contributed by atoms with van der Waals surface area (Å²) in [5.74, 6) is 2.12. The standard InChI is InChI=1S/C18H32N4O2/c1-13(2)22(14(3)4)11-10-20-18(19-5)21-15-8-9-16(23-6)17(12-15)24-7/h8-9,12-14H,10-11H2,1-7H3,(H2,19,20,21). The molecule has 0 saturated carbocycles.